The lowest BCUT2D eigenvalue weighted by Crippen LogP contribution is -2.10. The highest BCUT2D eigenvalue weighted by molar-refractivity contribution is 7.25. The molecule has 0 N–H and O–H groups in total. The van der Waals surface area contributed by atoms with Crippen LogP contribution in [0.2, 0.25) is 0 Å². The highest BCUT2D eigenvalue weighted by atomic mass is 32.1. The van der Waals surface area contributed by atoms with Crippen LogP contribution in [0.4, 0.5) is 17.1 Å². The number of rotatable bonds is 5. The molecule has 0 amide bonds. The van der Waals surface area contributed by atoms with E-state index in [4.69, 9.17) is 4.42 Å². The Hall–Kier alpha value is -6.16. The molecule has 3 heteroatoms. The van der Waals surface area contributed by atoms with E-state index < -0.39 is 0 Å². The van der Waals surface area contributed by atoms with Crippen LogP contribution in [-0.2, 0) is 0 Å². The highest BCUT2D eigenvalue weighted by Crippen LogP contribution is 2.47. The van der Waals surface area contributed by atoms with Crippen LogP contribution in [0.25, 0.3) is 75.1 Å². The van der Waals surface area contributed by atoms with Gasteiger partial charge in [0.25, 0.3) is 0 Å². The maximum atomic E-state index is 6.83. The Bertz CT molecular complexity index is 2830. The minimum atomic E-state index is 0.873. The van der Waals surface area contributed by atoms with Gasteiger partial charge in [0, 0.05) is 42.3 Å². The minimum Gasteiger partial charge on any atom is -0.454 e. The van der Waals surface area contributed by atoms with Crippen molar-refractivity contribution in [2.24, 2.45) is 0 Å². The molecule has 0 aliphatic heterocycles. The standard InChI is InChI=1S/C46H29NOS/c1-3-11-30(12-4-1)32-19-20-34-28-35(22-21-33(34)27-32)47(36-23-26-44-40(29-36)38-15-8-10-18-43(38)49-44)41-25-24-37(31-13-5-2-6-14-31)45-39-16-7-9-17-42(39)48-46(41)45/h1-29H. The first-order valence-corrected chi connectivity index (χ1v) is 17.4. The summed E-state index contributed by atoms with van der Waals surface area (Å²) in [6.45, 7) is 0. The molecule has 0 bridgehead atoms. The van der Waals surface area contributed by atoms with Crippen LogP contribution >= 0.6 is 11.3 Å². The predicted octanol–water partition coefficient (Wildman–Crippen LogP) is 13.9. The quantitative estimate of drug-likeness (QED) is 0.186. The van der Waals surface area contributed by atoms with E-state index in [0.29, 0.717) is 0 Å². The van der Waals surface area contributed by atoms with Gasteiger partial charge in [-0.3, -0.25) is 0 Å². The fraction of sp³-hybridized carbons (Fsp3) is 0. The van der Waals surface area contributed by atoms with Gasteiger partial charge in [-0.1, -0.05) is 121 Å². The van der Waals surface area contributed by atoms with E-state index in [2.05, 4.69) is 175 Å². The van der Waals surface area contributed by atoms with Crippen molar-refractivity contribution >= 4 is 81.3 Å². The van der Waals surface area contributed by atoms with Gasteiger partial charge in [-0.2, -0.15) is 0 Å². The predicted molar refractivity (Wildman–Crippen MR) is 210 cm³/mol. The van der Waals surface area contributed by atoms with Crippen molar-refractivity contribution in [3.8, 4) is 22.3 Å². The molecule has 0 unspecified atom stereocenters. The maximum Gasteiger partial charge on any atom is 0.160 e. The third-order valence-corrected chi connectivity index (χ3v) is 10.8. The average Bonchev–Trinajstić information content (AvgIpc) is 3.74. The van der Waals surface area contributed by atoms with Crippen LogP contribution in [0.3, 0.4) is 0 Å². The Balaban J connectivity index is 1.23. The van der Waals surface area contributed by atoms with E-state index in [1.165, 1.54) is 47.6 Å². The van der Waals surface area contributed by atoms with Crippen molar-refractivity contribution in [3.05, 3.63) is 176 Å². The molecule has 10 rings (SSSR count). The third kappa shape index (κ3) is 4.62. The lowest BCUT2D eigenvalue weighted by atomic mass is 9.97. The van der Waals surface area contributed by atoms with Crippen LogP contribution < -0.4 is 4.90 Å². The molecule has 0 aliphatic rings. The van der Waals surface area contributed by atoms with Crippen molar-refractivity contribution in [3.63, 3.8) is 0 Å². The number of anilines is 3. The Labute approximate surface area is 287 Å². The first-order chi connectivity index (χ1) is 24.3. The SMILES string of the molecule is c1ccc(-c2ccc3cc(N(c4ccc5sc6ccccc6c5c4)c4ccc(-c5ccccc5)c5c4oc4ccccc45)ccc3c2)cc1. The van der Waals surface area contributed by atoms with Gasteiger partial charge >= 0.3 is 0 Å². The largest absolute Gasteiger partial charge is 0.454 e. The molecule has 0 saturated heterocycles. The summed E-state index contributed by atoms with van der Waals surface area (Å²) in [6.07, 6.45) is 0. The summed E-state index contributed by atoms with van der Waals surface area (Å²) in [5.41, 5.74) is 9.69. The summed E-state index contributed by atoms with van der Waals surface area (Å²) in [5, 5.41) is 7.18. The fourth-order valence-electron chi connectivity index (χ4n) is 7.31. The monoisotopic (exact) mass is 643 g/mol. The van der Waals surface area contributed by atoms with Crippen molar-refractivity contribution in [1.82, 2.24) is 0 Å². The molecule has 8 aromatic carbocycles. The van der Waals surface area contributed by atoms with Crippen molar-refractivity contribution < 1.29 is 4.42 Å². The summed E-state index contributed by atoms with van der Waals surface area (Å²) in [6, 6.07) is 63.2. The van der Waals surface area contributed by atoms with Crippen molar-refractivity contribution in [1.29, 1.82) is 0 Å². The Morgan fingerprint density at radius 3 is 1.94 bits per heavy atom. The van der Waals surface area contributed by atoms with Gasteiger partial charge in [-0.15, -0.1) is 11.3 Å². The van der Waals surface area contributed by atoms with E-state index in [9.17, 15) is 0 Å². The van der Waals surface area contributed by atoms with Crippen LogP contribution in [0.15, 0.2) is 180 Å². The summed E-state index contributed by atoms with van der Waals surface area (Å²) >= 11 is 1.84. The smallest absolute Gasteiger partial charge is 0.160 e. The van der Waals surface area contributed by atoms with E-state index in [1.807, 2.05) is 17.4 Å². The van der Waals surface area contributed by atoms with E-state index in [0.717, 1.165) is 44.6 Å². The van der Waals surface area contributed by atoms with Gasteiger partial charge in [0.2, 0.25) is 0 Å². The second kappa shape index (κ2) is 11.2. The zero-order valence-electron chi connectivity index (χ0n) is 26.5. The van der Waals surface area contributed by atoms with Crippen molar-refractivity contribution in [2.75, 3.05) is 4.90 Å². The topological polar surface area (TPSA) is 16.4 Å². The van der Waals surface area contributed by atoms with Gasteiger partial charge < -0.3 is 9.32 Å². The lowest BCUT2D eigenvalue weighted by molar-refractivity contribution is 0.669. The molecular weight excluding hydrogens is 615 g/mol. The average molecular weight is 644 g/mol. The zero-order valence-corrected chi connectivity index (χ0v) is 27.3. The third-order valence-electron chi connectivity index (χ3n) is 9.64. The molecule has 2 heterocycles. The molecule has 0 spiro atoms. The summed E-state index contributed by atoms with van der Waals surface area (Å²) in [7, 11) is 0. The van der Waals surface area contributed by atoms with Crippen LogP contribution in [0, 0.1) is 0 Å². The van der Waals surface area contributed by atoms with Crippen LogP contribution in [0.5, 0.6) is 0 Å². The molecule has 0 atom stereocenters. The second-order valence-corrected chi connectivity index (χ2v) is 13.6. The number of fused-ring (bicyclic) bond motifs is 7. The highest BCUT2D eigenvalue weighted by Gasteiger charge is 2.23. The maximum absolute atomic E-state index is 6.83. The molecule has 49 heavy (non-hydrogen) atoms. The number of nitrogens with zero attached hydrogens (tertiary/aromatic N) is 1. The van der Waals surface area contributed by atoms with E-state index in [1.54, 1.807) is 0 Å². The molecule has 0 radical (unpaired) electrons. The van der Waals surface area contributed by atoms with Gasteiger partial charge in [0.05, 0.1) is 5.69 Å². The second-order valence-electron chi connectivity index (χ2n) is 12.5. The number of hydrogen-bond acceptors (Lipinski definition) is 3. The van der Waals surface area contributed by atoms with E-state index in [-0.39, 0.29) is 0 Å². The molecule has 2 aromatic heterocycles. The summed E-state index contributed by atoms with van der Waals surface area (Å²) in [5.74, 6) is 0. The zero-order chi connectivity index (χ0) is 32.3. The molecule has 230 valence electrons. The molecule has 2 nitrogen and oxygen atoms in total. The molecular formula is C46H29NOS. The Morgan fingerprint density at radius 1 is 0.429 bits per heavy atom. The van der Waals surface area contributed by atoms with Crippen molar-refractivity contribution in [2.45, 2.75) is 0 Å². The number of furan rings is 1. The number of hydrogen-bond donors (Lipinski definition) is 0. The number of benzene rings is 8. The normalized spacial score (nSPS) is 11.7. The van der Waals surface area contributed by atoms with Gasteiger partial charge in [0.15, 0.2) is 5.58 Å². The first kappa shape index (κ1) is 27.9. The molecule has 0 aliphatic carbocycles. The number of para-hydroxylation sites is 1. The van der Waals surface area contributed by atoms with Crippen LogP contribution in [-0.4, -0.2) is 0 Å². The van der Waals surface area contributed by atoms with Gasteiger partial charge in [-0.05, 0) is 87.6 Å². The Kier molecular flexibility index (Phi) is 6.39. The number of thiophene rings is 1. The Morgan fingerprint density at radius 2 is 1.08 bits per heavy atom. The lowest BCUT2D eigenvalue weighted by Gasteiger charge is -2.26. The summed E-state index contributed by atoms with van der Waals surface area (Å²) < 4.78 is 9.41. The van der Waals surface area contributed by atoms with E-state index >= 15 is 0 Å². The molecule has 10 aromatic rings. The van der Waals surface area contributed by atoms with Crippen LogP contribution in [0.1, 0.15) is 0 Å². The summed E-state index contributed by atoms with van der Waals surface area (Å²) in [4.78, 5) is 2.37. The fourth-order valence-corrected chi connectivity index (χ4v) is 8.40. The minimum absolute atomic E-state index is 0.873. The molecule has 0 saturated carbocycles. The first-order valence-electron chi connectivity index (χ1n) is 16.6. The molecule has 0 fully saturated rings. The van der Waals surface area contributed by atoms with Gasteiger partial charge in [0.1, 0.15) is 5.58 Å². The van der Waals surface area contributed by atoms with Gasteiger partial charge in [-0.25, -0.2) is 0 Å².